The van der Waals surface area contributed by atoms with Gasteiger partial charge >= 0.3 is 0 Å². The summed E-state index contributed by atoms with van der Waals surface area (Å²) in [6, 6.07) is 0. The Balaban J connectivity index is 1.64. The number of unbranched alkanes of at least 4 members (excludes halogenated alkanes) is 1. The Morgan fingerprint density at radius 1 is 0.900 bits per heavy atom. The van der Waals surface area contributed by atoms with Crippen LogP contribution in [0.3, 0.4) is 0 Å². The maximum Gasteiger partial charge on any atom is 0.228 e. The highest BCUT2D eigenvalue weighted by atomic mass is 32.2. The zero-order chi connectivity index (χ0) is 14.5. The lowest BCUT2D eigenvalue weighted by Gasteiger charge is -2.15. The number of carbonyl (C=O) groups excluding carboxylic acids is 2. The van der Waals surface area contributed by atoms with E-state index in [0.29, 0.717) is 21.5 Å². The predicted octanol–water partition coefficient (Wildman–Crippen LogP) is 2.27. The molecule has 0 saturated carbocycles. The zero-order valence-corrected chi connectivity index (χ0v) is 14.3. The summed E-state index contributed by atoms with van der Waals surface area (Å²) in [6.45, 7) is 1.45. The second kappa shape index (κ2) is 7.72. The minimum absolute atomic E-state index is 0.0831. The molecule has 0 unspecified atom stereocenters. The summed E-state index contributed by atoms with van der Waals surface area (Å²) < 4.78 is 1.37. The van der Waals surface area contributed by atoms with Crippen LogP contribution in [0.15, 0.2) is 0 Å². The van der Waals surface area contributed by atoms with Gasteiger partial charge in [-0.1, -0.05) is 48.0 Å². The molecule has 2 aliphatic heterocycles. The minimum Gasteiger partial charge on any atom is -0.297 e. The Hall–Kier alpha value is -0.180. The number of amides is 2. The van der Waals surface area contributed by atoms with E-state index in [1.165, 1.54) is 0 Å². The summed E-state index contributed by atoms with van der Waals surface area (Å²) in [6.07, 6.45) is 2.38. The number of thioether (sulfide) groups is 2. The average Bonchev–Trinajstić information content (AvgIpc) is 3.02. The van der Waals surface area contributed by atoms with Crippen LogP contribution in [0.5, 0.6) is 0 Å². The van der Waals surface area contributed by atoms with Gasteiger partial charge in [0.25, 0.3) is 0 Å². The van der Waals surface area contributed by atoms with Gasteiger partial charge < -0.3 is 0 Å². The Labute approximate surface area is 138 Å². The molecule has 0 spiro atoms. The highest BCUT2D eigenvalue weighted by Crippen LogP contribution is 2.21. The van der Waals surface area contributed by atoms with Crippen LogP contribution >= 0.6 is 48.0 Å². The quantitative estimate of drug-likeness (QED) is 0.561. The second-order valence-corrected chi connectivity index (χ2v) is 7.98. The Morgan fingerprint density at radius 2 is 1.30 bits per heavy atom. The molecular formula is C12H16N2O2S4. The van der Waals surface area contributed by atoms with E-state index in [0.717, 1.165) is 37.4 Å². The van der Waals surface area contributed by atoms with Crippen molar-refractivity contribution in [1.29, 1.82) is 0 Å². The van der Waals surface area contributed by atoms with Crippen molar-refractivity contribution < 1.29 is 9.59 Å². The molecule has 20 heavy (non-hydrogen) atoms. The van der Waals surface area contributed by atoms with E-state index in [9.17, 15) is 9.59 Å². The number of hydrogen-bond acceptors (Lipinski definition) is 6. The van der Waals surface area contributed by atoms with Gasteiger partial charge in [-0.2, -0.15) is 0 Å². The highest BCUT2D eigenvalue weighted by molar-refractivity contribution is 8.23. The number of hydrogen-bond donors (Lipinski definition) is 0. The van der Waals surface area contributed by atoms with Crippen molar-refractivity contribution in [2.45, 2.75) is 25.7 Å². The fraction of sp³-hybridized carbons (Fsp3) is 0.667. The van der Waals surface area contributed by atoms with Gasteiger partial charge in [-0.15, -0.1) is 0 Å². The smallest absolute Gasteiger partial charge is 0.228 e. The van der Waals surface area contributed by atoms with Crippen molar-refractivity contribution >= 4 is 68.4 Å². The van der Waals surface area contributed by atoms with Crippen LogP contribution in [0.2, 0.25) is 0 Å². The molecule has 0 radical (unpaired) electrons. The lowest BCUT2D eigenvalue weighted by Crippen LogP contribution is -2.31. The predicted molar refractivity (Wildman–Crippen MR) is 92.0 cm³/mol. The summed E-state index contributed by atoms with van der Waals surface area (Å²) in [4.78, 5) is 27.2. The first-order valence-electron chi connectivity index (χ1n) is 6.54. The van der Waals surface area contributed by atoms with Crippen LogP contribution in [-0.4, -0.2) is 54.9 Å². The first kappa shape index (κ1) is 16.2. The van der Waals surface area contributed by atoms with Crippen LogP contribution in [0.4, 0.5) is 0 Å². The molecule has 0 aromatic rings. The van der Waals surface area contributed by atoms with Crippen LogP contribution in [-0.2, 0) is 9.59 Å². The summed E-state index contributed by atoms with van der Waals surface area (Å²) in [5, 5.41) is 0. The topological polar surface area (TPSA) is 40.6 Å². The van der Waals surface area contributed by atoms with Crippen molar-refractivity contribution in [3.05, 3.63) is 0 Å². The van der Waals surface area contributed by atoms with E-state index >= 15 is 0 Å². The molecule has 0 aromatic heterocycles. The van der Waals surface area contributed by atoms with Gasteiger partial charge in [-0.3, -0.25) is 19.4 Å². The molecule has 2 amide bonds. The Kier molecular flexibility index (Phi) is 6.25. The van der Waals surface area contributed by atoms with Crippen molar-refractivity contribution in [3.63, 3.8) is 0 Å². The van der Waals surface area contributed by atoms with E-state index in [2.05, 4.69) is 0 Å². The molecule has 0 aromatic carbocycles. The minimum atomic E-state index is 0.0831. The molecule has 0 atom stereocenters. The molecule has 2 fully saturated rings. The maximum atomic E-state index is 11.9. The molecule has 2 heterocycles. The van der Waals surface area contributed by atoms with Crippen LogP contribution in [0.1, 0.15) is 25.7 Å². The number of nitrogens with zero attached hydrogens (tertiary/aromatic N) is 2. The third kappa shape index (κ3) is 4.16. The standard InChI is InChI=1S/C12H16N2O2S4/c15-9(13-5-7-19-11(13)17)3-1-2-4-10(16)14-6-8-20-12(14)18/h1-8H2. The van der Waals surface area contributed by atoms with Crippen molar-refractivity contribution in [3.8, 4) is 0 Å². The van der Waals surface area contributed by atoms with Crippen LogP contribution in [0, 0.1) is 0 Å². The molecule has 2 saturated heterocycles. The monoisotopic (exact) mass is 348 g/mol. The first-order valence-corrected chi connectivity index (χ1v) is 9.32. The van der Waals surface area contributed by atoms with Gasteiger partial charge in [0.05, 0.1) is 0 Å². The molecule has 2 rings (SSSR count). The molecule has 0 aliphatic carbocycles. The van der Waals surface area contributed by atoms with Gasteiger partial charge in [0.1, 0.15) is 8.64 Å². The summed E-state index contributed by atoms with van der Waals surface area (Å²) in [5.74, 6) is 1.96. The molecule has 2 aliphatic rings. The van der Waals surface area contributed by atoms with E-state index in [-0.39, 0.29) is 11.8 Å². The van der Waals surface area contributed by atoms with Gasteiger partial charge in [0.15, 0.2) is 0 Å². The molecule has 4 nitrogen and oxygen atoms in total. The molecule has 8 heteroatoms. The Bertz CT molecular complexity index is 401. The van der Waals surface area contributed by atoms with Gasteiger partial charge in [0.2, 0.25) is 11.8 Å². The van der Waals surface area contributed by atoms with Crippen LogP contribution in [0.25, 0.3) is 0 Å². The second-order valence-electron chi connectivity index (χ2n) is 4.53. The summed E-state index contributed by atoms with van der Waals surface area (Å²) in [7, 11) is 0. The van der Waals surface area contributed by atoms with Crippen molar-refractivity contribution in [2.75, 3.05) is 24.6 Å². The third-order valence-corrected chi connectivity index (χ3v) is 6.01. The number of thiocarbonyl (C=S) groups is 2. The third-order valence-electron chi connectivity index (χ3n) is 3.16. The summed E-state index contributed by atoms with van der Waals surface area (Å²) in [5.41, 5.74) is 0. The molecule has 0 N–H and O–H groups in total. The molecular weight excluding hydrogens is 332 g/mol. The normalized spacial score (nSPS) is 19.0. The van der Waals surface area contributed by atoms with Crippen molar-refractivity contribution in [1.82, 2.24) is 9.80 Å². The number of carbonyl (C=O) groups is 2. The van der Waals surface area contributed by atoms with Gasteiger partial charge in [-0.25, -0.2) is 0 Å². The largest absolute Gasteiger partial charge is 0.297 e. The highest BCUT2D eigenvalue weighted by Gasteiger charge is 2.25. The van der Waals surface area contributed by atoms with E-state index in [1.807, 2.05) is 0 Å². The average molecular weight is 349 g/mol. The van der Waals surface area contributed by atoms with E-state index < -0.39 is 0 Å². The molecule has 110 valence electrons. The summed E-state index contributed by atoms with van der Waals surface area (Å²) >= 11 is 13.3. The zero-order valence-electron chi connectivity index (χ0n) is 11.0. The van der Waals surface area contributed by atoms with E-state index in [4.69, 9.17) is 24.4 Å². The van der Waals surface area contributed by atoms with E-state index in [1.54, 1.807) is 33.3 Å². The lowest BCUT2D eigenvalue weighted by molar-refractivity contribution is -0.128. The first-order chi connectivity index (χ1) is 9.59. The van der Waals surface area contributed by atoms with Crippen molar-refractivity contribution in [2.24, 2.45) is 0 Å². The maximum absolute atomic E-state index is 11.9. The van der Waals surface area contributed by atoms with Crippen LogP contribution < -0.4 is 0 Å². The number of rotatable bonds is 5. The molecule has 0 bridgehead atoms. The van der Waals surface area contributed by atoms with Gasteiger partial charge in [-0.05, 0) is 12.8 Å². The Morgan fingerprint density at radius 3 is 1.60 bits per heavy atom. The fourth-order valence-corrected chi connectivity index (χ4v) is 4.54. The SMILES string of the molecule is O=C(CCCCC(=O)N1CCSC1=S)N1CCSC1=S. The van der Waals surface area contributed by atoms with Gasteiger partial charge in [0, 0.05) is 37.4 Å². The fourth-order valence-electron chi connectivity index (χ4n) is 2.06. The lowest BCUT2D eigenvalue weighted by atomic mass is 10.1.